The van der Waals surface area contributed by atoms with E-state index < -0.39 is 0 Å². The van der Waals surface area contributed by atoms with Gasteiger partial charge in [0.15, 0.2) is 0 Å². The smallest absolute Gasteiger partial charge is 0.317 e. The van der Waals surface area contributed by atoms with Gasteiger partial charge in [-0.05, 0) is 44.5 Å². The van der Waals surface area contributed by atoms with Crippen molar-refractivity contribution < 1.29 is 4.79 Å². The Morgan fingerprint density at radius 3 is 2.68 bits per heavy atom. The molecule has 0 atom stereocenters. The fourth-order valence-electron chi connectivity index (χ4n) is 2.63. The normalized spacial score (nSPS) is 16.8. The fraction of sp³-hybridized carbons (Fsp3) is 0.500. The number of likely N-dealkylation sites (tertiary alicyclic amines) is 1. The molecule has 2 amide bonds. The van der Waals surface area contributed by atoms with Crippen molar-refractivity contribution in [1.82, 2.24) is 15.1 Å². The first-order valence-corrected chi connectivity index (χ1v) is 8.04. The van der Waals surface area contributed by atoms with Crippen molar-refractivity contribution in [1.29, 1.82) is 0 Å². The van der Waals surface area contributed by atoms with Gasteiger partial charge >= 0.3 is 6.03 Å². The monoisotopic (exact) mass is 301 g/mol. The van der Waals surface area contributed by atoms with Crippen LogP contribution in [0.5, 0.6) is 0 Å². The van der Waals surface area contributed by atoms with Gasteiger partial charge < -0.3 is 15.1 Å². The number of urea groups is 1. The Morgan fingerprint density at radius 2 is 2.00 bits per heavy atom. The van der Waals surface area contributed by atoms with Crippen LogP contribution in [-0.2, 0) is 0 Å². The van der Waals surface area contributed by atoms with Crippen molar-refractivity contribution in [2.45, 2.75) is 12.8 Å². The first-order chi connectivity index (χ1) is 10.6. The standard InChI is InChI=1S/C18H27N3O/c1-20-13-10-17(11-14-20)15-19-18(22)21(2)12-6-9-16-7-4-3-5-8-16/h3-9,17H,10-15H2,1-2H3,(H,19,22). The van der Waals surface area contributed by atoms with Crippen molar-refractivity contribution in [2.75, 3.05) is 40.3 Å². The van der Waals surface area contributed by atoms with Crippen LogP contribution in [0.25, 0.3) is 6.08 Å². The lowest BCUT2D eigenvalue weighted by atomic mass is 9.97. The van der Waals surface area contributed by atoms with Crippen LogP contribution in [0.15, 0.2) is 36.4 Å². The Bertz CT molecular complexity index is 478. The molecule has 1 aliphatic heterocycles. The van der Waals surface area contributed by atoms with Crippen molar-refractivity contribution in [3.05, 3.63) is 42.0 Å². The Kier molecular flexibility index (Phi) is 6.46. The van der Waals surface area contributed by atoms with Crippen LogP contribution in [-0.4, -0.2) is 56.1 Å². The SMILES string of the molecule is CN1CCC(CNC(=O)N(C)CC=Cc2ccccc2)CC1. The topological polar surface area (TPSA) is 35.6 Å². The Morgan fingerprint density at radius 1 is 1.32 bits per heavy atom. The summed E-state index contributed by atoms with van der Waals surface area (Å²) in [5, 5.41) is 3.05. The number of hydrogen-bond donors (Lipinski definition) is 1. The number of nitrogens with zero attached hydrogens (tertiary/aromatic N) is 2. The van der Waals surface area contributed by atoms with E-state index in [4.69, 9.17) is 0 Å². The molecule has 1 aromatic carbocycles. The number of hydrogen-bond acceptors (Lipinski definition) is 2. The number of benzene rings is 1. The molecular weight excluding hydrogens is 274 g/mol. The van der Waals surface area contributed by atoms with Gasteiger partial charge in [-0.1, -0.05) is 42.5 Å². The maximum absolute atomic E-state index is 12.1. The van der Waals surface area contributed by atoms with E-state index in [0.29, 0.717) is 12.5 Å². The minimum absolute atomic E-state index is 0.0108. The first-order valence-electron chi connectivity index (χ1n) is 8.04. The summed E-state index contributed by atoms with van der Waals surface area (Å²) >= 11 is 0. The highest BCUT2D eigenvalue weighted by Gasteiger charge is 2.17. The van der Waals surface area contributed by atoms with Gasteiger partial charge in [0.1, 0.15) is 0 Å². The first kappa shape index (κ1) is 16.6. The van der Waals surface area contributed by atoms with Crippen LogP contribution in [0.3, 0.4) is 0 Å². The van der Waals surface area contributed by atoms with E-state index in [1.54, 1.807) is 4.90 Å². The second kappa shape index (κ2) is 8.59. The number of likely N-dealkylation sites (N-methyl/N-ethyl adjacent to an activating group) is 1. The molecule has 0 unspecified atom stereocenters. The summed E-state index contributed by atoms with van der Waals surface area (Å²) in [7, 11) is 3.99. The largest absolute Gasteiger partial charge is 0.338 e. The Balaban J connectivity index is 1.67. The van der Waals surface area contributed by atoms with Crippen molar-refractivity contribution in [2.24, 2.45) is 5.92 Å². The van der Waals surface area contributed by atoms with Crippen LogP contribution < -0.4 is 5.32 Å². The van der Waals surface area contributed by atoms with Gasteiger partial charge in [0.25, 0.3) is 0 Å². The van der Waals surface area contributed by atoms with Gasteiger partial charge in [0, 0.05) is 20.1 Å². The van der Waals surface area contributed by atoms with E-state index in [1.165, 1.54) is 12.8 Å². The number of rotatable bonds is 5. The highest BCUT2D eigenvalue weighted by Crippen LogP contribution is 2.14. The third-order valence-electron chi connectivity index (χ3n) is 4.22. The molecule has 120 valence electrons. The Labute approximate surface area is 133 Å². The van der Waals surface area contributed by atoms with E-state index >= 15 is 0 Å². The summed E-state index contributed by atoms with van der Waals surface area (Å²) in [5.41, 5.74) is 1.16. The van der Waals surface area contributed by atoms with E-state index in [9.17, 15) is 4.79 Å². The zero-order valence-electron chi connectivity index (χ0n) is 13.7. The van der Waals surface area contributed by atoms with Gasteiger partial charge in [-0.2, -0.15) is 0 Å². The summed E-state index contributed by atoms with van der Waals surface area (Å²) in [4.78, 5) is 16.1. The predicted octanol–water partition coefficient (Wildman–Crippen LogP) is 2.68. The van der Waals surface area contributed by atoms with Gasteiger partial charge in [0.05, 0.1) is 0 Å². The molecule has 1 aromatic rings. The van der Waals surface area contributed by atoms with Gasteiger partial charge in [0.2, 0.25) is 0 Å². The molecular formula is C18H27N3O. The molecule has 22 heavy (non-hydrogen) atoms. The fourth-order valence-corrected chi connectivity index (χ4v) is 2.63. The summed E-state index contributed by atoms with van der Waals surface area (Å²) in [5.74, 6) is 0.619. The van der Waals surface area contributed by atoms with Crippen LogP contribution in [0.2, 0.25) is 0 Å². The second-order valence-electron chi connectivity index (χ2n) is 6.13. The van der Waals surface area contributed by atoms with Crippen molar-refractivity contribution >= 4 is 12.1 Å². The highest BCUT2D eigenvalue weighted by atomic mass is 16.2. The third kappa shape index (κ3) is 5.53. The van der Waals surface area contributed by atoms with E-state index in [1.807, 2.05) is 37.4 Å². The zero-order chi connectivity index (χ0) is 15.8. The van der Waals surface area contributed by atoms with Crippen LogP contribution in [0.4, 0.5) is 4.79 Å². The van der Waals surface area contributed by atoms with E-state index in [-0.39, 0.29) is 6.03 Å². The molecule has 0 aromatic heterocycles. The van der Waals surface area contributed by atoms with Crippen LogP contribution in [0, 0.1) is 5.92 Å². The van der Waals surface area contributed by atoms with E-state index in [0.717, 1.165) is 25.2 Å². The second-order valence-corrected chi connectivity index (χ2v) is 6.13. The molecule has 4 heteroatoms. The molecule has 2 rings (SSSR count). The summed E-state index contributed by atoms with van der Waals surface area (Å²) in [6.45, 7) is 3.68. The minimum atomic E-state index is 0.0108. The van der Waals surface area contributed by atoms with Gasteiger partial charge in [-0.15, -0.1) is 0 Å². The number of amides is 2. The molecule has 1 fully saturated rings. The minimum Gasteiger partial charge on any atom is -0.338 e. The molecule has 0 aliphatic carbocycles. The third-order valence-corrected chi connectivity index (χ3v) is 4.22. The number of carbonyl (C=O) groups is 1. The average Bonchev–Trinajstić information content (AvgIpc) is 2.55. The van der Waals surface area contributed by atoms with Crippen LogP contribution >= 0.6 is 0 Å². The number of piperidine rings is 1. The molecule has 1 aliphatic rings. The Hall–Kier alpha value is -1.81. The lowest BCUT2D eigenvalue weighted by Gasteiger charge is -2.29. The lowest BCUT2D eigenvalue weighted by Crippen LogP contribution is -2.42. The quantitative estimate of drug-likeness (QED) is 0.907. The molecule has 4 nitrogen and oxygen atoms in total. The molecule has 0 spiro atoms. The maximum Gasteiger partial charge on any atom is 0.317 e. The summed E-state index contributed by atoms with van der Waals surface area (Å²) in [6, 6.07) is 10.1. The molecule has 1 heterocycles. The molecule has 1 N–H and O–H groups in total. The maximum atomic E-state index is 12.1. The van der Waals surface area contributed by atoms with Crippen LogP contribution in [0.1, 0.15) is 18.4 Å². The number of nitrogens with one attached hydrogen (secondary N) is 1. The highest BCUT2D eigenvalue weighted by molar-refractivity contribution is 5.74. The van der Waals surface area contributed by atoms with Gasteiger partial charge in [-0.3, -0.25) is 0 Å². The molecule has 0 bridgehead atoms. The predicted molar refractivity (Wildman–Crippen MR) is 91.7 cm³/mol. The summed E-state index contributed by atoms with van der Waals surface area (Å²) < 4.78 is 0. The summed E-state index contributed by atoms with van der Waals surface area (Å²) in [6.07, 6.45) is 6.41. The van der Waals surface area contributed by atoms with Crippen molar-refractivity contribution in [3.8, 4) is 0 Å². The molecule has 0 radical (unpaired) electrons. The zero-order valence-corrected chi connectivity index (χ0v) is 13.7. The lowest BCUT2D eigenvalue weighted by molar-refractivity contribution is 0.196. The van der Waals surface area contributed by atoms with Crippen molar-refractivity contribution in [3.63, 3.8) is 0 Å². The average molecular weight is 301 g/mol. The van der Waals surface area contributed by atoms with Gasteiger partial charge in [-0.25, -0.2) is 4.79 Å². The molecule has 1 saturated heterocycles. The molecule has 0 saturated carbocycles. The van der Waals surface area contributed by atoms with E-state index in [2.05, 4.69) is 29.4 Å². The number of carbonyl (C=O) groups excluding carboxylic acids is 1.